The first-order chi connectivity index (χ1) is 11.0. The summed E-state index contributed by atoms with van der Waals surface area (Å²) in [5.74, 6) is 0.0241. The summed E-state index contributed by atoms with van der Waals surface area (Å²) in [4.78, 5) is 8.77. The van der Waals surface area contributed by atoms with Crippen LogP contribution in [-0.4, -0.2) is 33.9 Å². The van der Waals surface area contributed by atoms with E-state index in [1.54, 1.807) is 42.2 Å². The van der Waals surface area contributed by atoms with Crippen molar-refractivity contribution in [3.8, 4) is 17.1 Å². The Labute approximate surface area is 134 Å². The smallest absolute Gasteiger partial charge is 0.180 e. The van der Waals surface area contributed by atoms with Crippen LogP contribution in [0.25, 0.3) is 17.1 Å². The zero-order valence-corrected chi connectivity index (χ0v) is 13.7. The predicted octanol–water partition coefficient (Wildman–Crippen LogP) is 2.43. The Morgan fingerprint density at radius 3 is 2.57 bits per heavy atom. The number of aryl methyl sites for hydroxylation is 1. The Hall–Kier alpha value is -2.54. The van der Waals surface area contributed by atoms with Crippen molar-refractivity contribution in [3.63, 3.8) is 0 Å². The SMILES string of the molecule is CCS(=O)(=O)c1cccnc1-c1ccc(-n2ccc(C)n2)cn1. The molecule has 0 spiro atoms. The summed E-state index contributed by atoms with van der Waals surface area (Å²) in [6.07, 6.45) is 5.06. The number of hydrogen-bond acceptors (Lipinski definition) is 5. The van der Waals surface area contributed by atoms with Gasteiger partial charge in [-0.25, -0.2) is 13.1 Å². The molecule has 0 aliphatic carbocycles. The van der Waals surface area contributed by atoms with Gasteiger partial charge in [-0.3, -0.25) is 9.97 Å². The van der Waals surface area contributed by atoms with Gasteiger partial charge in [0.25, 0.3) is 0 Å². The van der Waals surface area contributed by atoms with E-state index in [1.165, 1.54) is 0 Å². The molecule has 0 aliphatic heterocycles. The van der Waals surface area contributed by atoms with Crippen molar-refractivity contribution in [1.29, 1.82) is 0 Å². The summed E-state index contributed by atoms with van der Waals surface area (Å²) >= 11 is 0. The minimum Gasteiger partial charge on any atom is -0.253 e. The normalized spacial score (nSPS) is 11.6. The van der Waals surface area contributed by atoms with Crippen LogP contribution in [0, 0.1) is 6.92 Å². The van der Waals surface area contributed by atoms with Crippen molar-refractivity contribution in [2.24, 2.45) is 0 Å². The highest BCUT2D eigenvalue weighted by atomic mass is 32.2. The Kier molecular flexibility index (Phi) is 3.96. The fraction of sp³-hybridized carbons (Fsp3) is 0.188. The van der Waals surface area contributed by atoms with Crippen LogP contribution in [0.5, 0.6) is 0 Å². The maximum Gasteiger partial charge on any atom is 0.180 e. The van der Waals surface area contributed by atoms with E-state index in [0.717, 1.165) is 11.4 Å². The lowest BCUT2D eigenvalue weighted by molar-refractivity contribution is 0.597. The highest BCUT2D eigenvalue weighted by Gasteiger charge is 2.19. The van der Waals surface area contributed by atoms with Crippen molar-refractivity contribution < 1.29 is 8.42 Å². The third-order valence-corrected chi connectivity index (χ3v) is 5.22. The van der Waals surface area contributed by atoms with Crippen molar-refractivity contribution >= 4 is 9.84 Å². The van der Waals surface area contributed by atoms with Gasteiger partial charge in [-0.2, -0.15) is 5.10 Å². The Morgan fingerprint density at radius 1 is 1.13 bits per heavy atom. The number of rotatable bonds is 4. The van der Waals surface area contributed by atoms with Gasteiger partial charge in [-0.1, -0.05) is 6.92 Å². The predicted molar refractivity (Wildman–Crippen MR) is 87.1 cm³/mol. The molecule has 0 saturated heterocycles. The number of nitrogens with zero attached hydrogens (tertiary/aromatic N) is 4. The maximum absolute atomic E-state index is 12.2. The largest absolute Gasteiger partial charge is 0.253 e. The summed E-state index contributed by atoms with van der Waals surface area (Å²) in [6, 6.07) is 8.67. The first-order valence-corrected chi connectivity index (χ1v) is 8.83. The Balaban J connectivity index is 2.04. The molecule has 0 unspecified atom stereocenters. The van der Waals surface area contributed by atoms with Crippen LogP contribution in [0.2, 0.25) is 0 Å². The molecule has 0 N–H and O–H groups in total. The molecule has 0 amide bonds. The van der Waals surface area contributed by atoms with Gasteiger partial charge in [-0.15, -0.1) is 0 Å². The molecule has 0 fully saturated rings. The van der Waals surface area contributed by atoms with Crippen LogP contribution in [0.4, 0.5) is 0 Å². The van der Waals surface area contributed by atoms with Gasteiger partial charge in [0.15, 0.2) is 9.84 Å². The van der Waals surface area contributed by atoms with Crippen LogP contribution in [0.1, 0.15) is 12.6 Å². The fourth-order valence-electron chi connectivity index (χ4n) is 2.21. The highest BCUT2D eigenvalue weighted by Crippen LogP contribution is 2.24. The highest BCUT2D eigenvalue weighted by molar-refractivity contribution is 7.91. The summed E-state index contributed by atoms with van der Waals surface area (Å²) in [5, 5.41) is 4.32. The summed E-state index contributed by atoms with van der Waals surface area (Å²) in [5.41, 5.74) is 2.61. The molecule has 0 atom stereocenters. The molecule has 0 bridgehead atoms. The monoisotopic (exact) mass is 328 g/mol. The number of pyridine rings is 2. The Morgan fingerprint density at radius 2 is 1.96 bits per heavy atom. The average Bonchev–Trinajstić information content (AvgIpc) is 3.01. The third kappa shape index (κ3) is 3.00. The first-order valence-electron chi connectivity index (χ1n) is 7.18. The zero-order chi connectivity index (χ0) is 16.4. The second-order valence-corrected chi connectivity index (χ2v) is 7.30. The molecule has 7 heteroatoms. The second-order valence-electron chi connectivity index (χ2n) is 5.06. The van der Waals surface area contributed by atoms with E-state index in [0.29, 0.717) is 11.4 Å². The molecule has 6 nitrogen and oxygen atoms in total. The quantitative estimate of drug-likeness (QED) is 0.735. The van der Waals surface area contributed by atoms with Gasteiger partial charge in [0.2, 0.25) is 0 Å². The Bertz CT molecular complexity index is 931. The molecule has 0 aromatic carbocycles. The topological polar surface area (TPSA) is 77.7 Å². The molecule has 23 heavy (non-hydrogen) atoms. The molecule has 0 radical (unpaired) electrons. The fourth-order valence-corrected chi connectivity index (χ4v) is 3.26. The van der Waals surface area contributed by atoms with Gasteiger partial charge >= 0.3 is 0 Å². The van der Waals surface area contributed by atoms with Gasteiger partial charge in [0.05, 0.1) is 33.9 Å². The van der Waals surface area contributed by atoms with Crippen molar-refractivity contribution in [2.45, 2.75) is 18.7 Å². The molecule has 3 aromatic heterocycles. The molecular weight excluding hydrogens is 312 g/mol. The summed E-state index contributed by atoms with van der Waals surface area (Å²) in [6.45, 7) is 3.52. The van der Waals surface area contributed by atoms with E-state index < -0.39 is 9.84 Å². The first kappa shape index (κ1) is 15.4. The lowest BCUT2D eigenvalue weighted by Crippen LogP contribution is -2.07. The minimum atomic E-state index is -3.36. The minimum absolute atomic E-state index is 0.0241. The standard InChI is InChI=1S/C16H16N4O2S/c1-3-23(21,22)15-5-4-9-17-16(15)14-7-6-13(11-18-14)20-10-8-12(2)19-20/h4-11H,3H2,1-2H3. The lowest BCUT2D eigenvalue weighted by Gasteiger charge is -2.08. The van der Waals surface area contributed by atoms with E-state index in [-0.39, 0.29) is 10.6 Å². The molecule has 3 heterocycles. The third-order valence-electron chi connectivity index (χ3n) is 3.46. The summed E-state index contributed by atoms with van der Waals surface area (Å²) in [7, 11) is -3.36. The van der Waals surface area contributed by atoms with E-state index in [2.05, 4.69) is 15.1 Å². The summed E-state index contributed by atoms with van der Waals surface area (Å²) < 4.78 is 26.1. The van der Waals surface area contributed by atoms with Crippen molar-refractivity contribution in [1.82, 2.24) is 19.7 Å². The average molecular weight is 328 g/mol. The van der Waals surface area contributed by atoms with Crippen LogP contribution in [-0.2, 0) is 9.84 Å². The van der Waals surface area contributed by atoms with E-state index >= 15 is 0 Å². The second kappa shape index (κ2) is 5.92. The molecule has 3 rings (SSSR count). The van der Waals surface area contributed by atoms with Crippen LogP contribution < -0.4 is 0 Å². The van der Waals surface area contributed by atoms with E-state index in [4.69, 9.17) is 0 Å². The van der Waals surface area contributed by atoms with Crippen molar-refractivity contribution in [2.75, 3.05) is 5.75 Å². The number of aromatic nitrogens is 4. The van der Waals surface area contributed by atoms with Crippen LogP contribution in [0.15, 0.2) is 53.8 Å². The lowest BCUT2D eigenvalue weighted by atomic mass is 10.2. The number of sulfone groups is 1. The molecular formula is C16H16N4O2S. The van der Waals surface area contributed by atoms with Crippen LogP contribution in [0.3, 0.4) is 0 Å². The van der Waals surface area contributed by atoms with Crippen LogP contribution >= 0.6 is 0 Å². The van der Waals surface area contributed by atoms with Gasteiger partial charge in [0, 0.05) is 12.4 Å². The van der Waals surface area contributed by atoms with Gasteiger partial charge in [-0.05, 0) is 37.3 Å². The number of hydrogen-bond donors (Lipinski definition) is 0. The van der Waals surface area contributed by atoms with Gasteiger partial charge in [0.1, 0.15) is 5.69 Å². The molecule has 3 aromatic rings. The van der Waals surface area contributed by atoms with E-state index in [9.17, 15) is 8.42 Å². The maximum atomic E-state index is 12.2. The molecule has 0 saturated carbocycles. The van der Waals surface area contributed by atoms with Crippen molar-refractivity contribution in [3.05, 3.63) is 54.6 Å². The zero-order valence-electron chi connectivity index (χ0n) is 12.8. The molecule has 118 valence electrons. The molecule has 0 aliphatic rings. The van der Waals surface area contributed by atoms with Gasteiger partial charge < -0.3 is 0 Å². The van der Waals surface area contributed by atoms with E-state index in [1.807, 2.05) is 25.3 Å².